The molecule has 0 saturated carbocycles. The van der Waals surface area contributed by atoms with Crippen molar-refractivity contribution >= 4 is 57.6 Å². The zero-order valence-electron chi connectivity index (χ0n) is 14.7. The van der Waals surface area contributed by atoms with Crippen molar-refractivity contribution in [3.05, 3.63) is 74.7 Å². The van der Waals surface area contributed by atoms with Crippen molar-refractivity contribution < 1.29 is 19.2 Å². The highest BCUT2D eigenvalue weighted by Crippen LogP contribution is 2.36. The van der Waals surface area contributed by atoms with Crippen LogP contribution in [0.2, 0.25) is 0 Å². The lowest BCUT2D eigenvalue weighted by molar-refractivity contribution is -0.384. The van der Waals surface area contributed by atoms with Gasteiger partial charge in [0.25, 0.3) is 11.6 Å². The zero-order chi connectivity index (χ0) is 20.3. The van der Waals surface area contributed by atoms with Crippen molar-refractivity contribution in [2.24, 2.45) is 0 Å². The highest BCUT2D eigenvalue weighted by molar-refractivity contribution is 8.27. The number of nitrogens with zero attached hydrogens (tertiary/aromatic N) is 2. The number of nitro groups is 1. The Morgan fingerprint density at radius 3 is 2.64 bits per heavy atom. The summed E-state index contributed by atoms with van der Waals surface area (Å²) in [6.45, 7) is 2.00. The molecule has 0 spiro atoms. The summed E-state index contributed by atoms with van der Waals surface area (Å²) in [5.41, 5.74) is 1.38. The Balaban J connectivity index is 1.85. The van der Waals surface area contributed by atoms with Crippen molar-refractivity contribution in [1.29, 1.82) is 0 Å². The van der Waals surface area contributed by atoms with E-state index in [4.69, 9.17) is 17.0 Å². The molecular formula is C19H14N2O5S2. The number of anilines is 1. The summed E-state index contributed by atoms with van der Waals surface area (Å²) in [7, 11) is 0. The number of non-ortho nitro benzene ring substituents is 1. The number of thiocarbonyl (C=S) groups is 1. The first-order valence-corrected chi connectivity index (χ1v) is 9.42. The number of carbonyl (C=O) groups excluding carboxylic acids is 2. The van der Waals surface area contributed by atoms with Crippen LogP contribution in [0, 0.1) is 10.1 Å². The van der Waals surface area contributed by atoms with Crippen molar-refractivity contribution in [2.45, 2.75) is 6.92 Å². The maximum Gasteiger partial charge on any atom is 0.338 e. The molecule has 2 aromatic rings. The van der Waals surface area contributed by atoms with Crippen molar-refractivity contribution in [3.8, 4) is 0 Å². The van der Waals surface area contributed by atoms with E-state index in [1.54, 1.807) is 49.4 Å². The minimum Gasteiger partial charge on any atom is -0.462 e. The predicted molar refractivity (Wildman–Crippen MR) is 111 cm³/mol. The molecule has 3 rings (SSSR count). The number of rotatable bonds is 5. The lowest BCUT2D eigenvalue weighted by Crippen LogP contribution is -2.27. The third-order valence-corrected chi connectivity index (χ3v) is 5.11. The normalized spacial score (nSPS) is 15.2. The standard InChI is InChI=1S/C19H14N2O5S2/c1-2-26-18(23)13-6-8-14(9-7-13)20-17(22)16(28-19(20)27)11-12-4-3-5-15(10-12)21(24)25/h3-11H,2H2,1H3/b16-11+. The first-order chi connectivity index (χ1) is 13.4. The van der Waals surface area contributed by atoms with Gasteiger partial charge in [-0.3, -0.25) is 19.8 Å². The zero-order valence-corrected chi connectivity index (χ0v) is 16.3. The number of carbonyl (C=O) groups is 2. The van der Waals surface area contributed by atoms with Crippen LogP contribution in [0.15, 0.2) is 53.4 Å². The van der Waals surface area contributed by atoms with E-state index in [1.165, 1.54) is 17.0 Å². The van der Waals surface area contributed by atoms with Crippen LogP contribution in [0.5, 0.6) is 0 Å². The quantitative estimate of drug-likeness (QED) is 0.238. The first-order valence-electron chi connectivity index (χ1n) is 8.20. The Morgan fingerprint density at radius 1 is 1.29 bits per heavy atom. The van der Waals surface area contributed by atoms with Crippen LogP contribution in [0.4, 0.5) is 11.4 Å². The summed E-state index contributed by atoms with van der Waals surface area (Å²) in [6.07, 6.45) is 1.57. The van der Waals surface area contributed by atoms with Crippen LogP contribution in [0.3, 0.4) is 0 Å². The van der Waals surface area contributed by atoms with Crippen LogP contribution < -0.4 is 4.90 Å². The Hall–Kier alpha value is -3.04. The average molecular weight is 414 g/mol. The molecule has 28 heavy (non-hydrogen) atoms. The number of benzene rings is 2. The molecule has 0 bridgehead atoms. The van der Waals surface area contributed by atoms with E-state index in [-0.39, 0.29) is 18.2 Å². The van der Waals surface area contributed by atoms with E-state index >= 15 is 0 Å². The molecule has 7 nitrogen and oxygen atoms in total. The molecule has 0 unspecified atom stereocenters. The first kappa shape index (κ1) is 19.7. The number of hydrogen-bond acceptors (Lipinski definition) is 7. The van der Waals surface area contributed by atoms with E-state index in [1.807, 2.05) is 0 Å². The van der Waals surface area contributed by atoms with Gasteiger partial charge in [0.1, 0.15) is 0 Å². The molecule has 2 aromatic carbocycles. The van der Waals surface area contributed by atoms with E-state index in [2.05, 4.69) is 0 Å². The van der Waals surface area contributed by atoms with E-state index in [0.717, 1.165) is 11.8 Å². The third-order valence-electron chi connectivity index (χ3n) is 3.81. The SMILES string of the molecule is CCOC(=O)c1ccc(N2C(=O)/C(=C\c3cccc([N+](=O)[O-])c3)SC2=S)cc1. The minimum atomic E-state index is -0.492. The van der Waals surface area contributed by atoms with Gasteiger partial charge in [-0.2, -0.15) is 0 Å². The Morgan fingerprint density at radius 2 is 2.00 bits per heavy atom. The fraction of sp³-hybridized carbons (Fsp3) is 0.105. The predicted octanol–water partition coefficient (Wildman–Crippen LogP) is 4.18. The fourth-order valence-electron chi connectivity index (χ4n) is 2.53. The maximum absolute atomic E-state index is 12.8. The molecule has 0 atom stereocenters. The summed E-state index contributed by atoms with van der Waals surface area (Å²) in [5, 5.41) is 10.9. The van der Waals surface area contributed by atoms with Crippen LogP contribution in [0.25, 0.3) is 6.08 Å². The molecule has 0 radical (unpaired) electrons. The van der Waals surface area contributed by atoms with E-state index in [0.29, 0.717) is 26.0 Å². The van der Waals surface area contributed by atoms with Crippen molar-refractivity contribution in [3.63, 3.8) is 0 Å². The minimum absolute atomic E-state index is 0.0567. The molecule has 1 fully saturated rings. The van der Waals surface area contributed by atoms with Crippen LogP contribution in [-0.2, 0) is 9.53 Å². The number of hydrogen-bond donors (Lipinski definition) is 0. The monoisotopic (exact) mass is 414 g/mol. The molecular weight excluding hydrogens is 400 g/mol. The third kappa shape index (κ3) is 4.10. The van der Waals surface area contributed by atoms with E-state index < -0.39 is 10.9 Å². The summed E-state index contributed by atoms with van der Waals surface area (Å²) in [5.74, 6) is -0.768. The number of thioether (sulfide) groups is 1. The van der Waals surface area contributed by atoms with Gasteiger partial charge in [0.15, 0.2) is 4.32 Å². The van der Waals surface area contributed by atoms with Gasteiger partial charge in [0.2, 0.25) is 0 Å². The van der Waals surface area contributed by atoms with Gasteiger partial charge in [-0.15, -0.1) is 0 Å². The number of ether oxygens (including phenoxy) is 1. The Bertz CT molecular complexity index is 1000. The second kappa shape index (κ2) is 8.32. The summed E-state index contributed by atoms with van der Waals surface area (Å²) in [6, 6.07) is 12.4. The van der Waals surface area contributed by atoms with Gasteiger partial charge < -0.3 is 4.74 Å². The number of nitro benzene ring substituents is 1. The molecule has 1 saturated heterocycles. The lowest BCUT2D eigenvalue weighted by Gasteiger charge is -2.14. The molecule has 0 aromatic heterocycles. The van der Waals surface area contributed by atoms with Crippen molar-refractivity contribution in [1.82, 2.24) is 0 Å². The van der Waals surface area contributed by atoms with Gasteiger partial charge in [0.05, 0.1) is 27.7 Å². The van der Waals surface area contributed by atoms with Crippen LogP contribution >= 0.6 is 24.0 Å². The largest absolute Gasteiger partial charge is 0.462 e. The van der Waals surface area contributed by atoms with Gasteiger partial charge in [-0.05, 0) is 42.8 Å². The molecule has 1 heterocycles. The molecule has 0 aliphatic carbocycles. The van der Waals surface area contributed by atoms with Gasteiger partial charge in [0, 0.05) is 12.1 Å². The molecule has 9 heteroatoms. The van der Waals surface area contributed by atoms with Gasteiger partial charge in [-0.1, -0.05) is 36.1 Å². The summed E-state index contributed by atoms with van der Waals surface area (Å²) >= 11 is 6.43. The average Bonchev–Trinajstić information content (AvgIpc) is 2.95. The Kier molecular flexibility index (Phi) is 5.86. The highest BCUT2D eigenvalue weighted by atomic mass is 32.2. The highest BCUT2D eigenvalue weighted by Gasteiger charge is 2.33. The lowest BCUT2D eigenvalue weighted by atomic mass is 10.1. The maximum atomic E-state index is 12.8. The summed E-state index contributed by atoms with van der Waals surface area (Å²) in [4.78, 5) is 36.7. The topological polar surface area (TPSA) is 89.8 Å². The second-order valence-corrected chi connectivity index (χ2v) is 7.31. The smallest absolute Gasteiger partial charge is 0.338 e. The molecule has 142 valence electrons. The summed E-state index contributed by atoms with van der Waals surface area (Å²) < 4.78 is 5.28. The Labute approximate surface area is 170 Å². The molecule has 1 aliphatic rings. The number of esters is 1. The van der Waals surface area contributed by atoms with E-state index in [9.17, 15) is 19.7 Å². The molecule has 1 aliphatic heterocycles. The molecule has 0 N–H and O–H groups in total. The molecule has 1 amide bonds. The van der Waals surface area contributed by atoms with Gasteiger partial charge >= 0.3 is 5.97 Å². The van der Waals surface area contributed by atoms with Crippen LogP contribution in [0.1, 0.15) is 22.8 Å². The van der Waals surface area contributed by atoms with Crippen molar-refractivity contribution in [2.75, 3.05) is 11.5 Å². The fourth-order valence-corrected chi connectivity index (χ4v) is 3.83. The number of amides is 1. The van der Waals surface area contributed by atoms with Gasteiger partial charge in [-0.25, -0.2) is 4.79 Å². The van der Waals surface area contributed by atoms with Crippen LogP contribution in [-0.4, -0.2) is 27.7 Å². The second-order valence-electron chi connectivity index (χ2n) is 5.64.